The minimum absolute atomic E-state index is 0.183. The van der Waals surface area contributed by atoms with Crippen molar-refractivity contribution in [3.63, 3.8) is 0 Å². The summed E-state index contributed by atoms with van der Waals surface area (Å²) in [5.41, 5.74) is 0. The first-order valence-electron chi connectivity index (χ1n) is 4.39. The van der Waals surface area contributed by atoms with Crippen LogP contribution in [0.15, 0.2) is 0 Å². The van der Waals surface area contributed by atoms with Crippen LogP contribution in [0.2, 0.25) is 0 Å². The van der Waals surface area contributed by atoms with Crippen LogP contribution in [-0.2, 0) is 9.53 Å². The van der Waals surface area contributed by atoms with Gasteiger partial charge in [-0.05, 0) is 22.6 Å². The molecule has 1 unspecified atom stereocenters. The van der Waals surface area contributed by atoms with Gasteiger partial charge in [0.15, 0.2) is 0 Å². The van der Waals surface area contributed by atoms with Gasteiger partial charge in [-0.25, -0.2) is 0 Å². The molecule has 1 atom stereocenters. The van der Waals surface area contributed by atoms with E-state index in [-0.39, 0.29) is 4.11 Å². The van der Waals surface area contributed by atoms with Gasteiger partial charge in [-0.3, -0.25) is 4.79 Å². The normalized spacial score (nSPS) is 29.9. The number of amides is 1. The second-order valence-electron chi connectivity index (χ2n) is 3.30. The fourth-order valence-corrected chi connectivity index (χ4v) is 2.93. The molecule has 3 nitrogen and oxygen atoms in total. The number of carbonyl (C=O) groups is 1. The van der Waals surface area contributed by atoms with E-state index in [1.54, 1.807) is 0 Å². The van der Waals surface area contributed by atoms with Crippen LogP contribution in [0.1, 0.15) is 0 Å². The van der Waals surface area contributed by atoms with Crippen molar-refractivity contribution in [3.05, 3.63) is 0 Å². The van der Waals surface area contributed by atoms with Gasteiger partial charge in [0.1, 0.15) is 4.11 Å². The standard InChI is InChI=1S/C8H12INO2S/c9-7-3-10(1-2-12-7)8(11)6-4-13-5-6/h6-7H,1-5H2. The Kier molecular flexibility index (Phi) is 3.36. The molecule has 2 fully saturated rings. The Morgan fingerprint density at radius 3 is 2.85 bits per heavy atom. The average molecular weight is 313 g/mol. The van der Waals surface area contributed by atoms with E-state index in [0.717, 1.165) is 24.6 Å². The minimum atomic E-state index is 0.183. The fraction of sp³-hybridized carbons (Fsp3) is 0.875. The van der Waals surface area contributed by atoms with Gasteiger partial charge in [-0.2, -0.15) is 11.8 Å². The molecule has 0 aromatic carbocycles. The van der Waals surface area contributed by atoms with Crippen molar-refractivity contribution in [1.82, 2.24) is 4.90 Å². The molecule has 0 aromatic heterocycles. The van der Waals surface area contributed by atoms with Crippen molar-refractivity contribution in [1.29, 1.82) is 0 Å². The lowest BCUT2D eigenvalue weighted by Crippen LogP contribution is -2.48. The van der Waals surface area contributed by atoms with Crippen LogP contribution < -0.4 is 0 Å². The Balaban J connectivity index is 1.87. The molecule has 0 aliphatic carbocycles. The number of nitrogens with zero attached hydrogens (tertiary/aromatic N) is 1. The number of halogens is 1. The Morgan fingerprint density at radius 2 is 2.31 bits per heavy atom. The van der Waals surface area contributed by atoms with Crippen LogP contribution in [0.25, 0.3) is 0 Å². The fourth-order valence-electron chi connectivity index (χ4n) is 1.44. The summed E-state index contributed by atoms with van der Waals surface area (Å²) < 4.78 is 5.56. The lowest BCUT2D eigenvalue weighted by Gasteiger charge is -2.35. The molecular formula is C8H12INO2S. The monoisotopic (exact) mass is 313 g/mol. The molecule has 2 heterocycles. The maximum Gasteiger partial charge on any atom is 0.227 e. The summed E-state index contributed by atoms with van der Waals surface area (Å²) >= 11 is 4.10. The molecule has 2 aliphatic rings. The Hall–Kier alpha value is 0.510. The summed E-state index contributed by atoms with van der Waals surface area (Å²) in [4.78, 5) is 13.7. The van der Waals surface area contributed by atoms with Gasteiger partial charge >= 0.3 is 0 Å². The average Bonchev–Trinajstić information content (AvgIpc) is 2.01. The number of ether oxygens (including phenoxy) is 1. The lowest BCUT2D eigenvalue weighted by molar-refractivity contribution is -0.139. The first-order chi connectivity index (χ1) is 6.27. The molecule has 2 aliphatic heterocycles. The number of hydrogen-bond acceptors (Lipinski definition) is 3. The Labute approximate surface area is 95.7 Å². The van der Waals surface area contributed by atoms with Crippen LogP contribution in [0.4, 0.5) is 0 Å². The summed E-state index contributed by atoms with van der Waals surface area (Å²) in [7, 11) is 0. The highest BCUT2D eigenvalue weighted by molar-refractivity contribution is 14.1. The van der Waals surface area contributed by atoms with Gasteiger partial charge in [0.2, 0.25) is 5.91 Å². The van der Waals surface area contributed by atoms with E-state index in [9.17, 15) is 4.79 Å². The number of alkyl halides is 1. The third-order valence-electron chi connectivity index (χ3n) is 2.32. The molecule has 5 heteroatoms. The van der Waals surface area contributed by atoms with Crippen molar-refractivity contribution < 1.29 is 9.53 Å². The van der Waals surface area contributed by atoms with E-state index >= 15 is 0 Å². The van der Waals surface area contributed by atoms with E-state index in [1.807, 2.05) is 16.7 Å². The largest absolute Gasteiger partial charge is 0.364 e. The van der Waals surface area contributed by atoms with Crippen LogP contribution in [0.5, 0.6) is 0 Å². The van der Waals surface area contributed by atoms with Gasteiger partial charge in [0.25, 0.3) is 0 Å². The van der Waals surface area contributed by atoms with Crippen molar-refractivity contribution in [2.75, 3.05) is 31.2 Å². The van der Waals surface area contributed by atoms with Gasteiger partial charge in [0.05, 0.1) is 19.1 Å². The SMILES string of the molecule is O=C(C1CSC1)N1CCOC(I)C1. The van der Waals surface area contributed by atoms with Crippen LogP contribution >= 0.6 is 34.4 Å². The summed E-state index contributed by atoms with van der Waals surface area (Å²) in [6.07, 6.45) is 0. The Morgan fingerprint density at radius 1 is 1.54 bits per heavy atom. The number of carbonyl (C=O) groups excluding carboxylic acids is 1. The maximum absolute atomic E-state index is 11.8. The van der Waals surface area contributed by atoms with Crippen molar-refractivity contribution >= 4 is 40.3 Å². The minimum Gasteiger partial charge on any atom is -0.364 e. The quantitative estimate of drug-likeness (QED) is 0.534. The zero-order chi connectivity index (χ0) is 9.26. The summed E-state index contributed by atoms with van der Waals surface area (Å²) in [6, 6.07) is 0. The highest BCUT2D eigenvalue weighted by atomic mass is 127. The molecule has 0 aromatic rings. The van der Waals surface area contributed by atoms with Gasteiger partial charge < -0.3 is 9.64 Å². The molecule has 1 amide bonds. The summed E-state index contributed by atoms with van der Waals surface area (Å²) in [5, 5.41) is 0. The molecule has 0 saturated carbocycles. The zero-order valence-corrected chi connectivity index (χ0v) is 10.2. The molecule has 2 saturated heterocycles. The molecule has 0 radical (unpaired) electrons. The predicted octanol–water partition coefficient (Wildman–Crippen LogP) is 0.969. The predicted molar refractivity (Wildman–Crippen MR) is 61.2 cm³/mol. The van der Waals surface area contributed by atoms with Crippen LogP contribution in [-0.4, -0.2) is 46.1 Å². The molecule has 0 spiro atoms. The molecule has 0 N–H and O–H groups in total. The van der Waals surface area contributed by atoms with E-state index in [4.69, 9.17) is 4.74 Å². The smallest absolute Gasteiger partial charge is 0.227 e. The summed E-state index contributed by atoms with van der Waals surface area (Å²) in [5.74, 6) is 2.67. The van der Waals surface area contributed by atoms with Crippen molar-refractivity contribution in [3.8, 4) is 0 Å². The number of hydrogen-bond donors (Lipinski definition) is 0. The lowest BCUT2D eigenvalue weighted by atomic mass is 10.1. The van der Waals surface area contributed by atoms with Crippen LogP contribution in [0.3, 0.4) is 0 Å². The first kappa shape index (κ1) is 10.0. The molecule has 0 bridgehead atoms. The highest BCUT2D eigenvalue weighted by Gasteiger charge is 2.32. The zero-order valence-electron chi connectivity index (χ0n) is 7.24. The highest BCUT2D eigenvalue weighted by Crippen LogP contribution is 2.27. The number of thioether (sulfide) groups is 1. The topological polar surface area (TPSA) is 29.5 Å². The molecular weight excluding hydrogens is 301 g/mol. The van der Waals surface area contributed by atoms with Crippen molar-refractivity contribution in [2.24, 2.45) is 5.92 Å². The van der Waals surface area contributed by atoms with Crippen LogP contribution in [0, 0.1) is 5.92 Å². The van der Waals surface area contributed by atoms with E-state index in [0.29, 0.717) is 18.4 Å². The van der Waals surface area contributed by atoms with E-state index in [2.05, 4.69) is 22.6 Å². The molecule has 2 rings (SSSR count). The van der Waals surface area contributed by atoms with E-state index < -0.39 is 0 Å². The second kappa shape index (κ2) is 4.35. The number of morpholine rings is 1. The van der Waals surface area contributed by atoms with Gasteiger partial charge in [0, 0.05) is 18.1 Å². The third-order valence-corrected chi connectivity index (χ3v) is 4.35. The molecule has 13 heavy (non-hydrogen) atoms. The molecule has 74 valence electrons. The first-order valence-corrected chi connectivity index (χ1v) is 6.79. The van der Waals surface area contributed by atoms with E-state index in [1.165, 1.54) is 0 Å². The van der Waals surface area contributed by atoms with Gasteiger partial charge in [-0.15, -0.1) is 0 Å². The maximum atomic E-state index is 11.8. The Bertz CT molecular complexity index is 210. The second-order valence-corrected chi connectivity index (χ2v) is 5.76. The summed E-state index contributed by atoms with van der Waals surface area (Å²) in [6.45, 7) is 2.24. The van der Waals surface area contributed by atoms with Gasteiger partial charge in [-0.1, -0.05) is 0 Å². The third kappa shape index (κ3) is 2.30. The number of rotatable bonds is 1. The van der Waals surface area contributed by atoms with Crippen molar-refractivity contribution in [2.45, 2.75) is 4.11 Å².